The minimum absolute atomic E-state index is 0.0319. The predicted octanol–water partition coefficient (Wildman–Crippen LogP) is 3.14. The maximum absolute atomic E-state index is 12.3. The van der Waals surface area contributed by atoms with Crippen LogP contribution >= 0.6 is 11.3 Å². The Morgan fingerprint density at radius 1 is 1.50 bits per heavy atom. The summed E-state index contributed by atoms with van der Waals surface area (Å²) in [6.07, 6.45) is 7.56. The number of nitrogens with one attached hydrogen (secondary N) is 2. The van der Waals surface area contributed by atoms with Crippen LogP contribution in [0.5, 0.6) is 0 Å². The quantitative estimate of drug-likeness (QED) is 0.778. The van der Waals surface area contributed by atoms with Crippen molar-refractivity contribution in [2.75, 3.05) is 6.61 Å². The van der Waals surface area contributed by atoms with Crippen LogP contribution in [0, 0.1) is 12.8 Å². The van der Waals surface area contributed by atoms with Crippen molar-refractivity contribution in [1.29, 1.82) is 0 Å². The van der Waals surface area contributed by atoms with Crippen molar-refractivity contribution in [3.63, 3.8) is 0 Å². The maximum Gasteiger partial charge on any atom is 0.315 e. The van der Waals surface area contributed by atoms with Gasteiger partial charge in [0, 0.05) is 11.1 Å². The number of aromatic nitrogens is 1. The summed E-state index contributed by atoms with van der Waals surface area (Å²) in [6, 6.07) is -0.365. The fraction of sp³-hybridized carbons (Fsp3) is 0.750. The van der Waals surface area contributed by atoms with Gasteiger partial charge in [0.25, 0.3) is 0 Å². The third kappa shape index (κ3) is 4.20. The SMILES string of the molecule is Cc1cnc([C@@H](C)NC(=O)N[C@](C)(CO)C2CCCCC2)s1. The average Bonchev–Trinajstić information content (AvgIpc) is 2.94. The lowest BCUT2D eigenvalue weighted by Gasteiger charge is -2.39. The number of carbonyl (C=O) groups excluding carboxylic acids is 1. The summed E-state index contributed by atoms with van der Waals surface area (Å²) >= 11 is 1.59. The van der Waals surface area contributed by atoms with E-state index in [2.05, 4.69) is 15.6 Å². The molecule has 2 amide bonds. The van der Waals surface area contributed by atoms with Gasteiger partial charge in [-0.3, -0.25) is 0 Å². The molecule has 0 unspecified atom stereocenters. The van der Waals surface area contributed by atoms with Gasteiger partial charge in [0.1, 0.15) is 5.01 Å². The number of hydrogen-bond donors (Lipinski definition) is 3. The van der Waals surface area contributed by atoms with E-state index in [1.54, 1.807) is 11.3 Å². The number of aliphatic hydroxyl groups excluding tert-OH is 1. The van der Waals surface area contributed by atoms with Crippen molar-refractivity contribution < 1.29 is 9.90 Å². The average molecular weight is 325 g/mol. The van der Waals surface area contributed by atoms with Crippen molar-refractivity contribution in [2.24, 2.45) is 5.92 Å². The number of aryl methyl sites for hydroxylation is 1. The zero-order chi connectivity index (χ0) is 16.2. The number of aliphatic hydroxyl groups is 1. The van der Waals surface area contributed by atoms with Gasteiger partial charge in [-0.05, 0) is 39.5 Å². The van der Waals surface area contributed by atoms with Gasteiger partial charge in [0.05, 0.1) is 18.2 Å². The molecule has 1 aromatic rings. The van der Waals surface area contributed by atoms with Gasteiger partial charge in [-0.15, -0.1) is 11.3 Å². The molecule has 0 aliphatic heterocycles. The van der Waals surface area contributed by atoms with E-state index in [9.17, 15) is 9.90 Å². The third-order valence-electron chi connectivity index (χ3n) is 4.59. The Bertz CT molecular complexity index is 499. The van der Waals surface area contributed by atoms with E-state index < -0.39 is 5.54 Å². The minimum atomic E-state index is -0.553. The van der Waals surface area contributed by atoms with Crippen LogP contribution in [0.2, 0.25) is 0 Å². The highest BCUT2D eigenvalue weighted by Gasteiger charge is 2.36. The lowest BCUT2D eigenvalue weighted by molar-refractivity contribution is 0.101. The second-order valence-electron chi connectivity index (χ2n) is 6.54. The highest BCUT2D eigenvalue weighted by molar-refractivity contribution is 7.11. The molecule has 2 rings (SSSR count). The first-order valence-electron chi connectivity index (χ1n) is 8.06. The van der Waals surface area contributed by atoms with Gasteiger partial charge in [-0.25, -0.2) is 9.78 Å². The summed E-state index contributed by atoms with van der Waals surface area (Å²) in [4.78, 5) is 17.7. The molecule has 0 saturated heterocycles. The lowest BCUT2D eigenvalue weighted by atomic mass is 9.76. The molecule has 1 aromatic heterocycles. The van der Waals surface area contributed by atoms with Crippen molar-refractivity contribution in [2.45, 2.75) is 64.5 Å². The van der Waals surface area contributed by atoms with Crippen molar-refractivity contribution >= 4 is 17.4 Å². The number of thiazole rings is 1. The summed E-state index contributed by atoms with van der Waals surface area (Å²) < 4.78 is 0. The lowest BCUT2D eigenvalue weighted by Crippen LogP contribution is -2.57. The van der Waals surface area contributed by atoms with E-state index in [-0.39, 0.29) is 18.7 Å². The Balaban J connectivity index is 1.93. The molecule has 3 N–H and O–H groups in total. The molecular formula is C16H27N3O2S. The molecule has 124 valence electrons. The fourth-order valence-electron chi connectivity index (χ4n) is 3.14. The summed E-state index contributed by atoms with van der Waals surface area (Å²) in [5.74, 6) is 0.342. The van der Waals surface area contributed by atoms with Crippen LogP contribution in [0.25, 0.3) is 0 Å². The summed E-state index contributed by atoms with van der Waals surface area (Å²) in [7, 11) is 0. The molecule has 0 spiro atoms. The van der Waals surface area contributed by atoms with E-state index in [4.69, 9.17) is 0 Å². The highest BCUT2D eigenvalue weighted by Crippen LogP contribution is 2.32. The van der Waals surface area contributed by atoms with E-state index >= 15 is 0 Å². The molecule has 2 atom stereocenters. The zero-order valence-electron chi connectivity index (χ0n) is 13.7. The topological polar surface area (TPSA) is 74.2 Å². The van der Waals surface area contributed by atoms with Crippen LogP contribution in [0.3, 0.4) is 0 Å². The van der Waals surface area contributed by atoms with Crippen LogP contribution in [-0.4, -0.2) is 28.3 Å². The molecule has 0 aromatic carbocycles. The van der Waals surface area contributed by atoms with Crippen LogP contribution in [0.1, 0.15) is 61.9 Å². The molecule has 1 saturated carbocycles. The second-order valence-corrected chi connectivity index (χ2v) is 7.81. The molecule has 22 heavy (non-hydrogen) atoms. The van der Waals surface area contributed by atoms with Gasteiger partial charge in [0.2, 0.25) is 0 Å². The largest absolute Gasteiger partial charge is 0.394 e. The molecule has 1 aliphatic carbocycles. The van der Waals surface area contributed by atoms with Gasteiger partial charge < -0.3 is 15.7 Å². The van der Waals surface area contributed by atoms with E-state index in [1.807, 2.05) is 27.0 Å². The van der Waals surface area contributed by atoms with E-state index in [0.29, 0.717) is 5.92 Å². The number of hydrogen-bond acceptors (Lipinski definition) is 4. The molecule has 1 fully saturated rings. The van der Waals surface area contributed by atoms with Crippen LogP contribution in [-0.2, 0) is 0 Å². The number of urea groups is 1. The normalized spacial score (nSPS) is 20.2. The Morgan fingerprint density at radius 2 is 2.18 bits per heavy atom. The third-order valence-corrected chi connectivity index (χ3v) is 5.69. The van der Waals surface area contributed by atoms with Gasteiger partial charge in [-0.1, -0.05) is 19.3 Å². The van der Waals surface area contributed by atoms with Gasteiger partial charge in [0.15, 0.2) is 0 Å². The van der Waals surface area contributed by atoms with Gasteiger partial charge >= 0.3 is 6.03 Å². The summed E-state index contributed by atoms with van der Waals surface area (Å²) in [5, 5.41) is 16.6. The number of nitrogens with zero attached hydrogens (tertiary/aromatic N) is 1. The number of amides is 2. The molecule has 1 aliphatic rings. The fourth-order valence-corrected chi connectivity index (χ4v) is 3.91. The molecule has 6 heteroatoms. The first-order valence-corrected chi connectivity index (χ1v) is 8.88. The second kappa shape index (κ2) is 7.42. The van der Waals surface area contributed by atoms with Crippen LogP contribution in [0.15, 0.2) is 6.20 Å². The first-order chi connectivity index (χ1) is 10.4. The van der Waals surface area contributed by atoms with Crippen LogP contribution < -0.4 is 10.6 Å². The minimum Gasteiger partial charge on any atom is -0.394 e. The summed E-state index contributed by atoms with van der Waals surface area (Å²) in [6.45, 7) is 5.84. The molecule has 1 heterocycles. The molecule has 0 radical (unpaired) electrons. The van der Waals surface area contributed by atoms with Gasteiger partial charge in [-0.2, -0.15) is 0 Å². The Hall–Kier alpha value is -1.14. The van der Waals surface area contributed by atoms with Crippen molar-refractivity contribution in [3.05, 3.63) is 16.1 Å². The van der Waals surface area contributed by atoms with E-state index in [1.165, 1.54) is 19.3 Å². The Kier molecular flexibility index (Phi) is 5.81. The Labute approximate surface area is 136 Å². The first kappa shape index (κ1) is 17.2. The monoisotopic (exact) mass is 325 g/mol. The maximum atomic E-state index is 12.3. The molecular weight excluding hydrogens is 298 g/mol. The molecule has 0 bridgehead atoms. The number of rotatable bonds is 5. The standard InChI is InChI=1S/C16H27N3O2S/c1-11-9-17-14(22-11)12(2)18-15(21)19-16(3,10-20)13-7-5-4-6-8-13/h9,12-13,20H,4-8,10H2,1-3H3,(H2,18,19,21)/t12-,16-/m1/s1. The van der Waals surface area contributed by atoms with Crippen molar-refractivity contribution in [1.82, 2.24) is 15.6 Å². The van der Waals surface area contributed by atoms with Crippen LogP contribution in [0.4, 0.5) is 4.79 Å². The van der Waals surface area contributed by atoms with E-state index in [0.717, 1.165) is 22.7 Å². The Morgan fingerprint density at radius 3 is 2.73 bits per heavy atom. The summed E-state index contributed by atoms with van der Waals surface area (Å²) in [5.41, 5.74) is -0.553. The smallest absolute Gasteiger partial charge is 0.315 e. The highest BCUT2D eigenvalue weighted by atomic mass is 32.1. The molecule has 5 nitrogen and oxygen atoms in total. The predicted molar refractivity (Wildman–Crippen MR) is 89.0 cm³/mol. The number of carbonyl (C=O) groups is 1. The van der Waals surface area contributed by atoms with Crippen molar-refractivity contribution in [3.8, 4) is 0 Å². The zero-order valence-corrected chi connectivity index (χ0v) is 14.5.